The summed E-state index contributed by atoms with van der Waals surface area (Å²) in [5.41, 5.74) is 1.65. The number of nitrogens with one attached hydrogen (secondary N) is 1. The highest BCUT2D eigenvalue weighted by atomic mass is 32.2. The standard InChI is InChI=1S/C17H15N3O3S2/c1-2-23-17(22)11-5-3-4-6-12(11)20-14(21)9-25-16-15-13(7-8-24-15)18-10-19-16/h3-8,10H,2,9H2,1H3,(H,20,21). The summed E-state index contributed by atoms with van der Waals surface area (Å²) >= 11 is 2.88. The minimum absolute atomic E-state index is 0.182. The molecule has 25 heavy (non-hydrogen) atoms. The number of rotatable bonds is 6. The number of aromatic nitrogens is 2. The van der Waals surface area contributed by atoms with Crippen LogP contribution in [0.4, 0.5) is 5.69 Å². The lowest BCUT2D eigenvalue weighted by Crippen LogP contribution is -2.17. The molecule has 128 valence electrons. The van der Waals surface area contributed by atoms with Crippen molar-refractivity contribution in [1.29, 1.82) is 0 Å². The van der Waals surface area contributed by atoms with Gasteiger partial charge in [-0.3, -0.25) is 4.79 Å². The van der Waals surface area contributed by atoms with Gasteiger partial charge in [0.05, 0.1) is 33.8 Å². The number of carbonyl (C=O) groups excluding carboxylic acids is 2. The lowest BCUT2D eigenvalue weighted by molar-refractivity contribution is -0.113. The van der Waals surface area contributed by atoms with Gasteiger partial charge < -0.3 is 10.1 Å². The third-order valence-electron chi connectivity index (χ3n) is 3.25. The van der Waals surface area contributed by atoms with Gasteiger partial charge in [0.25, 0.3) is 0 Å². The number of carbonyl (C=O) groups is 2. The van der Waals surface area contributed by atoms with Gasteiger partial charge in [-0.05, 0) is 30.5 Å². The Labute approximate surface area is 152 Å². The number of anilines is 1. The second kappa shape index (κ2) is 8.09. The molecule has 0 spiro atoms. The van der Waals surface area contributed by atoms with Gasteiger partial charge in [-0.15, -0.1) is 11.3 Å². The van der Waals surface area contributed by atoms with Crippen LogP contribution in [0.15, 0.2) is 47.1 Å². The smallest absolute Gasteiger partial charge is 0.340 e. The van der Waals surface area contributed by atoms with Crippen LogP contribution in [0.25, 0.3) is 10.2 Å². The molecule has 3 rings (SSSR count). The van der Waals surface area contributed by atoms with Crippen LogP contribution in [0, 0.1) is 0 Å². The molecule has 0 fully saturated rings. The van der Waals surface area contributed by atoms with Crippen LogP contribution in [0.5, 0.6) is 0 Å². The maximum Gasteiger partial charge on any atom is 0.340 e. The number of ether oxygens (including phenoxy) is 1. The third-order valence-corrected chi connectivity index (χ3v) is 5.28. The van der Waals surface area contributed by atoms with Crippen molar-refractivity contribution >= 4 is 50.9 Å². The first-order valence-electron chi connectivity index (χ1n) is 7.56. The van der Waals surface area contributed by atoms with Crippen molar-refractivity contribution in [3.8, 4) is 0 Å². The van der Waals surface area contributed by atoms with E-state index in [-0.39, 0.29) is 18.3 Å². The zero-order chi connectivity index (χ0) is 17.6. The average Bonchev–Trinajstić information content (AvgIpc) is 3.10. The zero-order valence-corrected chi connectivity index (χ0v) is 15.0. The first-order chi connectivity index (χ1) is 12.2. The van der Waals surface area contributed by atoms with Gasteiger partial charge >= 0.3 is 5.97 Å². The van der Waals surface area contributed by atoms with E-state index in [4.69, 9.17) is 4.74 Å². The molecule has 0 aliphatic carbocycles. The molecule has 0 aliphatic heterocycles. The molecule has 0 radical (unpaired) electrons. The number of hydrogen-bond acceptors (Lipinski definition) is 7. The summed E-state index contributed by atoms with van der Waals surface area (Å²) in [5.74, 6) is -0.492. The van der Waals surface area contributed by atoms with E-state index in [2.05, 4.69) is 15.3 Å². The molecule has 0 aliphatic rings. The number of amides is 1. The summed E-state index contributed by atoms with van der Waals surface area (Å²) in [4.78, 5) is 32.6. The molecule has 2 heterocycles. The fourth-order valence-electron chi connectivity index (χ4n) is 2.17. The maximum absolute atomic E-state index is 12.3. The van der Waals surface area contributed by atoms with Crippen LogP contribution in [0.2, 0.25) is 0 Å². The van der Waals surface area contributed by atoms with E-state index in [0.717, 1.165) is 15.2 Å². The first-order valence-corrected chi connectivity index (χ1v) is 9.42. The van der Waals surface area contributed by atoms with E-state index < -0.39 is 5.97 Å². The Balaban J connectivity index is 1.67. The van der Waals surface area contributed by atoms with Crippen LogP contribution in [0.1, 0.15) is 17.3 Å². The minimum atomic E-state index is -0.456. The fraction of sp³-hybridized carbons (Fsp3) is 0.176. The number of hydrogen-bond donors (Lipinski definition) is 1. The van der Waals surface area contributed by atoms with Crippen LogP contribution in [-0.4, -0.2) is 34.2 Å². The SMILES string of the molecule is CCOC(=O)c1ccccc1NC(=O)CSc1ncnc2ccsc12. The van der Waals surface area contributed by atoms with Gasteiger partial charge in [0.2, 0.25) is 5.91 Å². The molecule has 1 amide bonds. The van der Waals surface area contributed by atoms with E-state index in [1.807, 2.05) is 11.4 Å². The van der Waals surface area contributed by atoms with Crippen molar-refractivity contribution in [2.75, 3.05) is 17.7 Å². The molecule has 0 saturated heterocycles. The highest BCUT2D eigenvalue weighted by Crippen LogP contribution is 2.28. The molecular formula is C17H15N3O3S2. The molecule has 8 heteroatoms. The Hall–Kier alpha value is -2.45. The van der Waals surface area contributed by atoms with Crippen molar-refractivity contribution in [2.24, 2.45) is 0 Å². The number of thiophene rings is 1. The number of para-hydroxylation sites is 1. The largest absolute Gasteiger partial charge is 0.462 e. The summed E-state index contributed by atoms with van der Waals surface area (Å²) in [6.45, 7) is 2.02. The number of benzene rings is 1. The van der Waals surface area contributed by atoms with Crippen molar-refractivity contribution in [3.05, 3.63) is 47.6 Å². The average molecular weight is 373 g/mol. The Kier molecular flexibility index (Phi) is 5.62. The van der Waals surface area contributed by atoms with Gasteiger partial charge in [-0.2, -0.15) is 0 Å². The second-order valence-corrected chi connectivity index (χ2v) is 6.80. The number of esters is 1. The summed E-state index contributed by atoms with van der Waals surface area (Å²) in [6.07, 6.45) is 1.49. The Morgan fingerprint density at radius 1 is 1.24 bits per heavy atom. The van der Waals surface area contributed by atoms with E-state index >= 15 is 0 Å². The van der Waals surface area contributed by atoms with E-state index in [9.17, 15) is 9.59 Å². The van der Waals surface area contributed by atoms with Crippen molar-refractivity contribution < 1.29 is 14.3 Å². The summed E-state index contributed by atoms with van der Waals surface area (Å²) in [6, 6.07) is 8.70. The van der Waals surface area contributed by atoms with Gasteiger partial charge in [-0.1, -0.05) is 23.9 Å². The lowest BCUT2D eigenvalue weighted by Gasteiger charge is -2.10. The zero-order valence-electron chi connectivity index (χ0n) is 13.4. The van der Waals surface area contributed by atoms with Crippen LogP contribution >= 0.6 is 23.1 Å². The van der Waals surface area contributed by atoms with Crippen molar-refractivity contribution in [2.45, 2.75) is 11.9 Å². The molecular weight excluding hydrogens is 358 g/mol. The Morgan fingerprint density at radius 3 is 2.92 bits per heavy atom. The van der Waals surface area contributed by atoms with E-state index in [0.29, 0.717) is 11.3 Å². The van der Waals surface area contributed by atoms with Crippen LogP contribution in [0.3, 0.4) is 0 Å². The van der Waals surface area contributed by atoms with Gasteiger partial charge in [0.15, 0.2) is 0 Å². The number of thioether (sulfide) groups is 1. The third kappa shape index (κ3) is 4.15. The molecule has 3 aromatic rings. The summed E-state index contributed by atoms with van der Waals surface area (Å²) in [7, 11) is 0. The molecule has 0 unspecified atom stereocenters. The van der Waals surface area contributed by atoms with Crippen molar-refractivity contribution in [3.63, 3.8) is 0 Å². The summed E-state index contributed by atoms with van der Waals surface area (Å²) < 4.78 is 5.97. The van der Waals surface area contributed by atoms with Crippen LogP contribution < -0.4 is 5.32 Å². The molecule has 0 atom stereocenters. The topological polar surface area (TPSA) is 81.2 Å². The quantitative estimate of drug-likeness (QED) is 0.404. The first kappa shape index (κ1) is 17.4. The maximum atomic E-state index is 12.3. The second-order valence-electron chi connectivity index (χ2n) is 4.92. The molecule has 1 N–H and O–H groups in total. The summed E-state index contributed by atoms with van der Waals surface area (Å²) in [5, 5.41) is 5.48. The number of nitrogens with zero attached hydrogens (tertiary/aromatic N) is 2. The predicted molar refractivity (Wildman–Crippen MR) is 99.2 cm³/mol. The van der Waals surface area contributed by atoms with Gasteiger partial charge in [-0.25, -0.2) is 14.8 Å². The van der Waals surface area contributed by atoms with Gasteiger partial charge in [0.1, 0.15) is 11.4 Å². The minimum Gasteiger partial charge on any atom is -0.462 e. The highest BCUT2D eigenvalue weighted by molar-refractivity contribution is 8.00. The van der Waals surface area contributed by atoms with E-state index in [1.165, 1.54) is 18.1 Å². The number of fused-ring (bicyclic) bond motifs is 1. The molecule has 6 nitrogen and oxygen atoms in total. The lowest BCUT2D eigenvalue weighted by atomic mass is 10.2. The monoisotopic (exact) mass is 373 g/mol. The van der Waals surface area contributed by atoms with Crippen LogP contribution in [-0.2, 0) is 9.53 Å². The Bertz CT molecular complexity index is 911. The normalized spacial score (nSPS) is 10.6. The highest BCUT2D eigenvalue weighted by Gasteiger charge is 2.15. The fourth-order valence-corrected chi connectivity index (χ4v) is 3.91. The molecule has 0 bridgehead atoms. The Morgan fingerprint density at radius 2 is 2.08 bits per heavy atom. The predicted octanol–water partition coefficient (Wildman–Crippen LogP) is 3.60. The molecule has 1 aromatic carbocycles. The van der Waals surface area contributed by atoms with Gasteiger partial charge in [0, 0.05) is 0 Å². The molecule has 0 saturated carbocycles. The molecule has 2 aromatic heterocycles. The van der Waals surface area contributed by atoms with E-state index in [1.54, 1.807) is 42.5 Å². The van der Waals surface area contributed by atoms with Crippen molar-refractivity contribution in [1.82, 2.24) is 9.97 Å².